The molecule has 1 N–H and O–H groups in total. The molecule has 0 radical (unpaired) electrons. The maximum atomic E-state index is 12.5. The van der Waals surface area contributed by atoms with Crippen molar-refractivity contribution >= 4 is 12.0 Å². The molecule has 0 aliphatic carbocycles. The molecular weight excluding hydrogens is 382 g/mol. The van der Waals surface area contributed by atoms with Crippen molar-refractivity contribution in [1.82, 2.24) is 5.32 Å². The Labute approximate surface area is 158 Å². The number of hydrogen-bond acceptors (Lipinski definition) is 4. The predicted octanol–water partition coefficient (Wildman–Crippen LogP) is 4.23. The Morgan fingerprint density at radius 3 is 2.46 bits per heavy atom. The summed E-state index contributed by atoms with van der Waals surface area (Å²) >= 11 is 0. The van der Waals surface area contributed by atoms with E-state index < -0.39 is 24.9 Å². The number of carbonyl (C=O) groups excluding carboxylic acids is 1. The second-order valence-electron chi connectivity index (χ2n) is 5.36. The fourth-order valence-corrected chi connectivity index (χ4v) is 2.22. The second-order valence-corrected chi connectivity index (χ2v) is 5.36. The molecule has 1 amide bonds. The highest BCUT2D eigenvalue weighted by Gasteiger charge is 2.12. The van der Waals surface area contributed by atoms with Gasteiger partial charge >= 0.3 is 13.2 Å². The lowest BCUT2D eigenvalue weighted by Gasteiger charge is -2.11. The molecule has 0 atom stereocenters. The summed E-state index contributed by atoms with van der Waals surface area (Å²) in [6.07, 6.45) is 2.34. The molecule has 0 aliphatic rings. The number of rotatable bonds is 9. The Balaban J connectivity index is 2.05. The molecule has 0 saturated heterocycles. The predicted molar refractivity (Wildman–Crippen MR) is 93.6 cm³/mol. The van der Waals surface area contributed by atoms with Gasteiger partial charge in [0.05, 0.1) is 7.11 Å². The number of nitrogens with one attached hydrogen (secondary N) is 1. The number of hydrogen-bond donors (Lipinski definition) is 1. The quantitative estimate of drug-likeness (QED) is 0.507. The van der Waals surface area contributed by atoms with Crippen molar-refractivity contribution in [3.8, 4) is 17.2 Å². The molecule has 0 fully saturated rings. The van der Waals surface area contributed by atoms with Gasteiger partial charge in [-0.25, -0.2) is 0 Å². The van der Waals surface area contributed by atoms with E-state index in [1.165, 1.54) is 19.3 Å². The summed E-state index contributed by atoms with van der Waals surface area (Å²) in [5.74, 6) is -0.587. The van der Waals surface area contributed by atoms with Gasteiger partial charge in [0.2, 0.25) is 5.91 Å². The molecular formula is C19H17F4NO4. The van der Waals surface area contributed by atoms with E-state index in [9.17, 15) is 22.4 Å². The zero-order chi connectivity index (χ0) is 20.5. The SMILES string of the molecule is COc1cccc(CNC(=O)/C=C/c2ccc(OC(F)F)cc2OC(F)F)c1. The molecule has 0 saturated carbocycles. The molecule has 150 valence electrons. The number of carbonyl (C=O) groups is 1. The summed E-state index contributed by atoms with van der Waals surface area (Å²) < 4.78 is 63.1. The molecule has 5 nitrogen and oxygen atoms in total. The van der Waals surface area contributed by atoms with E-state index in [1.54, 1.807) is 24.3 Å². The molecule has 0 aliphatic heterocycles. The maximum absolute atomic E-state index is 12.5. The molecule has 0 heterocycles. The molecule has 0 unspecified atom stereocenters. The van der Waals surface area contributed by atoms with Gasteiger partial charge in [0.25, 0.3) is 0 Å². The van der Waals surface area contributed by atoms with Crippen LogP contribution in [0.15, 0.2) is 48.5 Å². The van der Waals surface area contributed by atoms with Gasteiger partial charge in [-0.2, -0.15) is 17.6 Å². The number of halogens is 4. The van der Waals surface area contributed by atoms with Gasteiger partial charge in [0.1, 0.15) is 17.2 Å². The van der Waals surface area contributed by atoms with Crippen LogP contribution in [-0.4, -0.2) is 26.2 Å². The normalized spacial score (nSPS) is 11.1. The standard InChI is InChI=1S/C19H17F4NO4/c1-26-14-4-2-3-12(9-14)11-24-17(25)8-6-13-5-7-15(27-18(20)21)10-16(13)28-19(22)23/h2-10,18-19H,11H2,1H3,(H,24,25)/b8-6+. The van der Waals surface area contributed by atoms with Crippen LogP contribution in [0.3, 0.4) is 0 Å². The van der Waals surface area contributed by atoms with Crippen LogP contribution < -0.4 is 19.5 Å². The highest BCUT2D eigenvalue weighted by Crippen LogP contribution is 2.28. The number of methoxy groups -OCH3 is 1. The average molecular weight is 399 g/mol. The third-order valence-corrected chi connectivity index (χ3v) is 3.44. The van der Waals surface area contributed by atoms with Crippen molar-refractivity contribution in [3.05, 3.63) is 59.7 Å². The molecule has 2 aromatic carbocycles. The summed E-state index contributed by atoms with van der Waals surface area (Å²) in [7, 11) is 1.52. The van der Waals surface area contributed by atoms with Crippen molar-refractivity contribution in [1.29, 1.82) is 0 Å². The maximum Gasteiger partial charge on any atom is 0.387 e. The zero-order valence-corrected chi connectivity index (χ0v) is 14.7. The van der Waals surface area contributed by atoms with Crippen LogP contribution in [0.5, 0.6) is 17.2 Å². The third-order valence-electron chi connectivity index (χ3n) is 3.44. The van der Waals surface area contributed by atoms with Crippen molar-refractivity contribution < 1.29 is 36.6 Å². The van der Waals surface area contributed by atoms with Crippen LogP contribution >= 0.6 is 0 Å². The number of ether oxygens (including phenoxy) is 3. The second kappa shape index (κ2) is 10.2. The third kappa shape index (κ3) is 6.82. The first-order chi connectivity index (χ1) is 13.4. The fourth-order valence-electron chi connectivity index (χ4n) is 2.22. The highest BCUT2D eigenvalue weighted by atomic mass is 19.3. The van der Waals surface area contributed by atoms with Gasteiger partial charge in [-0.05, 0) is 35.9 Å². The van der Waals surface area contributed by atoms with Crippen molar-refractivity contribution in [3.63, 3.8) is 0 Å². The Morgan fingerprint density at radius 1 is 1.04 bits per heavy atom. The fraction of sp³-hybridized carbons (Fsp3) is 0.211. The summed E-state index contributed by atoms with van der Waals surface area (Å²) in [4.78, 5) is 11.9. The highest BCUT2D eigenvalue weighted by molar-refractivity contribution is 5.92. The first-order valence-electron chi connectivity index (χ1n) is 8.00. The van der Waals surface area contributed by atoms with Gasteiger partial charge in [-0.1, -0.05) is 12.1 Å². The minimum Gasteiger partial charge on any atom is -0.497 e. The van der Waals surface area contributed by atoms with Crippen LogP contribution in [0.25, 0.3) is 6.08 Å². The Bertz CT molecular complexity index is 827. The summed E-state index contributed by atoms with van der Waals surface area (Å²) in [6, 6.07) is 10.3. The van der Waals surface area contributed by atoms with Crippen LogP contribution in [0.2, 0.25) is 0 Å². The Kier molecular flexibility index (Phi) is 7.67. The van der Waals surface area contributed by atoms with Gasteiger partial charge in [0, 0.05) is 24.3 Å². The lowest BCUT2D eigenvalue weighted by molar-refractivity contribution is -0.116. The van der Waals surface area contributed by atoms with Crippen LogP contribution in [-0.2, 0) is 11.3 Å². The minimum absolute atomic E-state index is 0.0958. The number of benzene rings is 2. The first-order valence-corrected chi connectivity index (χ1v) is 8.00. The Hall–Kier alpha value is -3.23. The lowest BCUT2D eigenvalue weighted by Crippen LogP contribution is -2.20. The minimum atomic E-state index is -3.17. The monoisotopic (exact) mass is 399 g/mol. The van der Waals surface area contributed by atoms with E-state index in [-0.39, 0.29) is 17.9 Å². The molecule has 0 spiro atoms. The van der Waals surface area contributed by atoms with E-state index in [4.69, 9.17) is 4.74 Å². The van der Waals surface area contributed by atoms with Crippen LogP contribution in [0.1, 0.15) is 11.1 Å². The van der Waals surface area contributed by atoms with E-state index in [0.29, 0.717) is 5.75 Å². The van der Waals surface area contributed by atoms with Gasteiger partial charge in [-0.3, -0.25) is 4.79 Å². The molecule has 28 heavy (non-hydrogen) atoms. The molecule has 2 rings (SSSR count). The van der Waals surface area contributed by atoms with Crippen LogP contribution in [0, 0.1) is 0 Å². The largest absolute Gasteiger partial charge is 0.497 e. The first kappa shape index (κ1) is 21.1. The van der Waals surface area contributed by atoms with Crippen LogP contribution in [0.4, 0.5) is 17.6 Å². The molecule has 2 aromatic rings. The number of alkyl halides is 4. The molecule has 9 heteroatoms. The lowest BCUT2D eigenvalue weighted by atomic mass is 10.1. The Morgan fingerprint density at radius 2 is 1.79 bits per heavy atom. The summed E-state index contributed by atoms with van der Waals surface area (Å²) in [6.45, 7) is -6.05. The molecule has 0 bridgehead atoms. The topological polar surface area (TPSA) is 56.8 Å². The van der Waals surface area contributed by atoms with E-state index in [2.05, 4.69) is 14.8 Å². The van der Waals surface area contributed by atoms with E-state index >= 15 is 0 Å². The summed E-state index contributed by atoms with van der Waals surface area (Å²) in [5.41, 5.74) is 0.898. The van der Waals surface area contributed by atoms with Crippen molar-refractivity contribution in [2.45, 2.75) is 19.8 Å². The summed E-state index contributed by atoms with van der Waals surface area (Å²) in [5, 5.41) is 2.62. The zero-order valence-electron chi connectivity index (χ0n) is 14.7. The van der Waals surface area contributed by atoms with Gasteiger partial charge in [0.15, 0.2) is 0 Å². The van der Waals surface area contributed by atoms with Gasteiger partial charge in [-0.15, -0.1) is 0 Å². The van der Waals surface area contributed by atoms with E-state index in [0.717, 1.165) is 23.8 Å². The average Bonchev–Trinajstić information content (AvgIpc) is 2.65. The number of amides is 1. The van der Waals surface area contributed by atoms with Crippen molar-refractivity contribution in [2.24, 2.45) is 0 Å². The molecule has 0 aromatic heterocycles. The van der Waals surface area contributed by atoms with Gasteiger partial charge < -0.3 is 19.5 Å². The van der Waals surface area contributed by atoms with Crippen molar-refractivity contribution in [2.75, 3.05) is 7.11 Å². The smallest absolute Gasteiger partial charge is 0.387 e. The van der Waals surface area contributed by atoms with E-state index in [1.807, 2.05) is 0 Å².